The largest absolute Gasteiger partial charge is 0.300 e. The number of halogens is 1. The highest BCUT2D eigenvalue weighted by Gasteiger charge is 2.46. The molecule has 0 N–H and O–H groups in total. The third-order valence-electron chi connectivity index (χ3n) is 3.51. The Labute approximate surface area is 104 Å². The van der Waals surface area contributed by atoms with Crippen molar-refractivity contribution < 1.29 is 14.0 Å². The first-order valence-electron chi connectivity index (χ1n) is 5.75. The van der Waals surface area contributed by atoms with E-state index in [2.05, 4.69) is 0 Å². The predicted molar refractivity (Wildman–Crippen MR) is 65.9 cm³/mol. The molecule has 0 unspecified atom stereocenters. The Hall–Kier alpha value is -1.97. The SMILES string of the molecule is CC1=CC(C)(C)N2C(=O)C(=O)c3cc(F)cc1c32. The van der Waals surface area contributed by atoms with Gasteiger partial charge in [0.15, 0.2) is 0 Å². The Morgan fingerprint density at radius 3 is 2.44 bits per heavy atom. The maximum absolute atomic E-state index is 13.5. The first kappa shape index (κ1) is 11.1. The van der Waals surface area contributed by atoms with Crippen molar-refractivity contribution >= 4 is 23.0 Å². The molecule has 1 aromatic carbocycles. The summed E-state index contributed by atoms with van der Waals surface area (Å²) in [5.74, 6) is -1.69. The summed E-state index contributed by atoms with van der Waals surface area (Å²) in [5.41, 5.74) is 1.68. The van der Waals surface area contributed by atoms with Crippen molar-refractivity contribution in [2.24, 2.45) is 0 Å². The fraction of sp³-hybridized carbons (Fsp3) is 0.286. The van der Waals surface area contributed by atoms with Crippen molar-refractivity contribution in [2.45, 2.75) is 26.3 Å². The van der Waals surface area contributed by atoms with Crippen molar-refractivity contribution in [1.82, 2.24) is 0 Å². The van der Waals surface area contributed by atoms with Crippen LogP contribution in [0, 0.1) is 5.82 Å². The van der Waals surface area contributed by atoms with Gasteiger partial charge in [0.05, 0.1) is 16.8 Å². The standard InChI is InChI=1S/C14H12FNO2/c1-7-6-14(2,3)16-11-9(7)4-8(15)5-10(11)12(17)13(16)18/h4-6H,1-3H3. The summed E-state index contributed by atoms with van der Waals surface area (Å²) in [6.07, 6.45) is 1.88. The number of anilines is 1. The van der Waals surface area contributed by atoms with Gasteiger partial charge in [0.2, 0.25) is 0 Å². The molecule has 0 saturated carbocycles. The molecule has 1 aromatic rings. The van der Waals surface area contributed by atoms with E-state index in [4.69, 9.17) is 0 Å². The number of benzene rings is 1. The average molecular weight is 245 g/mol. The Morgan fingerprint density at radius 2 is 1.78 bits per heavy atom. The van der Waals surface area contributed by atoms with Gasteiger partial charge in [-0.15, -0.1) is 0 Å². The van der Waals surface area contributed by atoms with E-state index in [1.165, 1.54) is 11.0 Å². The summed E-state index contributed by atoms with van der Waals surface area (Å²) in [6.45, 7) is 5.59. The van der Waals surface area contributed by atoms with Crippen LogP contribution in [0.25, 0.3) is 5.57 Å². The molecule has 0 saturated heterocycles. The minimum Gasteiger partial charge on any atom is -0.295 e. The summed E-state index contributed by atoms with van der Waals surface area (Å²) in [6, 6.07) is 2.52. The minimum absolute atomic E-state index is 0.176. The van der Waals surface area contributed by atoms with Crippen LogP contribution in [0.2, 0.25) is 0 Å². The van der Waals surface area contributed by atoms with E-state index in [1.54, 1.807) is 0 Å². The molecule has 2 aliphatic rings. The number of allylic oxidation sites excluding steroid dienone is 1. The molecule has 2 aliphatic heterocycles. The van der Waals surface area contributed by atoms with Gasteiger partial charge in [0.25, 0.3) is 11.7 Å². The Balaban J connectivity index is 2.42. The van der Waals surface area contributed by atoms with Crippen molar-refractivity contribution in [3.05, 3.63) is 35.2 Å². The van der Waals surface area contributed by atoms with Crippen LogP contribution in [0.3, 0.4) is 0 Å². The van der Waals surface area contributed by atoms with Crippen LogP contribution < -0.4 is 4.90 Å². The second-order valence-electron chi connectivity index (χ2n) is 5.30. The fourth-order valence-electron chi connectivity index (χ4n) is 2.85. The molecule has 0 spiro atoms. The zero-order valence-electron chi connectivity index (χ0n) is 10.4. The molecular formula is C14H12FNO2. The zero-order chi connectivity index (χ0) is 13.2. The van der Waals surface area contributed by atoms with E-state index in [0.29, 0.717) is 11.3 Å². The van der Waals surface area contributed by atoms with E-state index < -0.39 is 23.0 Å². The van der Waals surface area contributed by atoms with E-state index in [0.717, 1.165) is 11.6 Å². The van der Waals surface area contributed by atoms with Gasteiger partial charge in [-0.2, -0.15) is 0 Å². The minimum atomic E-state index is -0.623. The number of carbonyl (C=O) groups is 2. The van der Waals surface area contributed by atoms with Crippen molar-refractivity contribution in [3.8, 4) is 0 Å². The molecule has 2 heterocycles. The lowest BCUT2D eigenvalue weighted by molar-refractivity contribution is -0.115. The number of carbonyl (C=O) groups excluding carboxylic acids is 2. The highest BCUT2D eigenvalue weighted by molar-refractivity contribution is 6.53. The van der Waals surface area contributed by atoms with Gasteiger partial charge < -0.3 is 0 Å². The molecule has 4 heteroatoms. The quantitative estimate of drug-likeness (QED) is 0.659. The predicted octanol–water partition coefficient (Wildman–Crippen LogP) is 2.55. The summed E-state index contributed by atoms with van der Waals surface area (Å²) >= 11 is 0. The monoisotopic (exact) mass is 245 g/mol. The third-order valence-corrected chi connectivity index (χ3v) is 3.51. The lowest BCUT2D eigenvalue weighted by atomic mass is 9.89. The normalized spacial score (nSPS) is 20.0. The summed E-state index contributed by atoms with van der Waals surface area (Å²) in [4.78, 5) is 25.4. The highest BCUT2D eigenvalue weighted by Crippen LogP contribution is 2.45. The second kappa shape index (κ2) is 3.07. The average Bonchev–Trinajstić information content (AvgIpc) is 2.50. The molecule has 1 amide bonds. The molecular weight excluding hydrogens is 233 g/mol. The van der Waals surface area contributed by atoms with Crippen LogP contribution in [-0.4, -0.2) is 17.2 Å². The molecule has 0 fully saturated rings. The summed E-state index contributed by atoms with van der Waals surface area (Å²) < 4.78 is 13.5. The topological polar surface area (TPSA) is 37.4 Å². The first-order chi connectivity index (χ1) is 8.33. The van der Waals surface area contributed by atoms with Gasteiger partial charge in [0.1, 0.15) is 5.82 Å². The van der Waals surface area contributed by atoms with Crippen LogP contribution in [0.5, 0.6) is 0 Å². The molecule has 0 radical (unpaired) electrons. The maximum Gasteiger partial charge on any atom is 0.300 e. The van der Waals surface area contributed by atoms with Crippen LogP contribution >= 0.6 is 0 Å². The Morgan fingerprint density at radius 1 is 1.17 bits per heavy atom. The Kier molecular flexibility index (Phi) is 1.90. The summed E-state index contributed by atoms with van der Waals surface area (Å²) in [5, 5.41) is 0. The van der Waals surface area contributed by atoms with Crippen LogP contribution in [-0.2, 0) is 4.79 Å². The number of hydrogen-bond acceptors (Lipinski definition) is 2. The number of rotatable bonds is 0. The smallest absolute Gasteiger partial charge is 0.295 e. The van der Waals surface area contributed by atoms with Gasteiger partial charge in [-0.1, -0.05) is 6.08 Å². The number of hydrogen-bond donors (Lipinski definition) is 0. The van der Waals surface area contributed by atoms with Gasteiger partial charge in [-0.25, -0.2) is 4.39 Å². The number of amides is 1. The van der Waals surface area contributed by atoms with Crippen molar-refractivity contribution in [3.63, 3.8) is 0 Å². The van der Waals surface area contributed by atoms with E-state index >= 15 is 0 Å². The van der Waals surface area contributed by atoms with E-state index in [9.17, 15) is 14.0 Å². The van der Waals surface area contributed by atoms with E-state index in [-0.39, 0.29) is 5.56 Å². The molecule has 0 bridgehead atoms. The zero-order valence-corrected chi connectivity index (χ0v) is 10.4. The number of ketones is 1. The first-order valence-corrected chi connectivity index (χ1v) is 5.75. The molecule has 3 nitrogen and oxygen atoms in total. The van der Waals surface area contributed by atoms with Gasteiger partial charge in [-0.3, -0.25) is 14.5 Å². The molecule has 92 valence electrons. The molecule has 18 heavy (non-hydrogen) atoms. The maximum atomic E-state index is 13.5. The third kappa shape index (κ3) is 1.17. The van der Waals surface area contributed by atoms with Crippen molar-refractivity contribution in [2.75, 3.05) is 4.90 Å². The van der Waals surface area contributed by atoms with Gasteiger partial charge in [-0.05, 0) is 38.5 Å². The van der Waals surface area contributed by atoms with Crippen molar-refractivity contribution in [1.29, 1.82) is 0 Å². The molecule has 0 aliphatic carbocycles. The lowest BCUT2D eigenvalue weighted by Gasteiger charge is -2.38. The van der Waals surface area contributed by atoms with Crippen LogP contribution in [0.1, 0.15) is 36.7 Å². The fourth-order valence-corrected chi connectivity index (χ4v) is 2.85. The lowest BCUT2D eigenvalue weighted by Crippen LogP contribution is -2.47. The van der Waals surface area contributed by atoms with Crippen LogP contribution in [0.4, 0.5) is 10.1 Å². The van der Waals surface area contributed by atoms with Gasteiger partial charge >= 0.3 is 0 Å². The molecule has 0 aromatic heterocycles. The Bertz CT molecular complexity index is 643. The molecule has 0 atom stereocenters. The van der Waals surface area contributed by atoms with Gasteiger partial charge in [0, 0.05) is 5.56 Å². The number of Topliss-reactive ketones (excluding diaryl/α,β-unsaturated/α-hetero) is 1. The van der Waals surface area contributed by atoms with Crippen LogP contribution in [0.15, 0.2) is 18.2 Å². The highest BCUT2D eigenvalue weighted by atomic mass is 19.1. The second-order valence-corrected chi connectivity index (χ2v) is 5.30. The summed E-state index contributed by atoms with van der Waals surface area (Å²) in [7, 11) is 0. The molecule has 3 rings (SSSR count). The number of nitrogens with zero attached hydrogens (tertiary/aromatic N) is 1. The van der Waals surface area contributed by atoms with E-state index in [1.807, 2.05) is 26.8 Å².